The number of rotatable bonds is 3. The molecule has 0 aromatic heterocycles. The van der Waals surface area contributed by atoms with Crippen LogP contribution in [-0.4, -0.2) is 18.6 Å². The van der Waals surface area contributed by atoms with Crippen LogP contribution in [0.15, 0.2) is 18.2 Å². The third-order valence-electron chi connectivity index (χ3n) is 2.19. The molecule has 0 unspecified atom stereocenters. The molecule has 2 amide bonds. The molecule has 6 nitrogen and oxygen atoms in total. The van der Waals surface area contributed by atoms with Crippen molar-refractivity contribution in [1.82, 2.24) is 0 Å². The van der Waals surface area contributed by atoms with Gasteiger partial charge in [0.1, 0.15) is 5.75 Å². The van der Waals surface area contributed by atoms with Gasteiger partial charge in [-0.1, -0.05) is 12.1 Å². The number of anilines is 1. The van der Waals surface area contributed by atoms with E-state index >= 15 is 0 Å². The van der Waals surface area contributed by atoms with Crippen molar-refractivity contribution in [3.8, 4) is 5.75 Å². The first-order valence-electron chi connectivity index (χ1n) is 5.15. The van der Waals surface area contributed by atoms with Crippen molar-refractivity contribution in [3.63, 3.8) is 0 Å². The van der Waals surface area contributed by atoms with E-state index < -0.39 is 12.0 Å². The number of carbonyl (C=O) groups excluding carboxylic acids is 1. The normalized spacial score (nSPS) is 9.76. The van der Waals surface area contributed by atoms with Crippen molar-refractivity contribution >= 4 is 17.7 Å². The molecule has 0 saturated carbocycles. The Labute approximate surface area is 99.7 Å². The molecule has 0 saturated heterocycles. The number of hydrogen-bond acceptors (Lipinski definition) is 3. The summed E-state index contributed by atoms with van der Waals surface area (Å²) in [6.07, 6.45) is 0. The van der Waals surface area contributed by atoms with Crippen molar-refractivity contribution in [2.45, 2.75) is 13.8 Å². The average molecular weight is 236 g/mol. The van der Waals surface area contributed by atoms with Crippen LogP contribution in [0.25, 0.3) is 0 Å². The van der Waals surface area contributed by atoms with Crippen molar-refractivity contribution in [2.75, 3.05) is 11.5 Å². The monoisotopic (exact) mass is 236 g/mol. The van der Waals surface area contributed by atoms with Crippen LogP contribution >= 0.6 is 0 Å². The van der Waals surface area contributed by atoms with E-state index in [-0.39, 0.29) is 0 Å². The lowest BCUT2D eigenvalue weighted by Crippen LogP contribution is -2.45. The third kappa shape index (κ3) is 2.66. The number of ether oxygens (including phenoxy) is 1. The number of benzene rings is 1. The lowest BCUT2D eigenvalue weighted by atomic mass is 10.1. The molecule has 0 atom stereocenters. The zero-order chi connectivity index (χ0) is 13.0. The fourth-order valence-electron chi connectivity index (χ4n) is 1.54. The van der Waals surface area contributed by atoms with Gasteiger partial charge in [0, 0.05) is 0 Å². The molecule has 0 aliphatic carbocycles. The smallest absolute Gasteiger partial charge is 0.326 e. The largest absolute Gasteiger partial charge is 0.492 e. The van der Waals surface area contributed by atoms with Crippen LogP contribution in [-0.2, 0) is 0 Å². The van der Waals surface area contributed by atoms with E-state index in [4.69, 9.17) is 21.6 Å². The summed E-state index contributed by atoms with van der Waals surface area (Å²) in [5.41, 5.74) is 11.7. The van der Waals surface area contributed by atoms with Crippen molar-refractivity contribution in [3.05, 3.63) is 23.8 Å². The number of carbonyl (C=O) groups is 1. The highest BCUT2D eigenvalue weighted by atomic mass is 16.5. The number of hydrogen-bond donors (Lipinski definition) is 3. The standard InChI is InChI=1S/C11H16N4O2/c1-3-17-8-6-4-5-7(2)9(8)15(10(12)13)11(14)16/h4-6H,3H2,1-2H3,(H3,12,13)(H2,14,16). The minimum atomic E-state index is -0.812. The number of guanidine groups is 1. The second-order valence-electron chi connectivity index (χ2n) is 3.41. The molecule has 0 aliphatic rings. The summed E-state index contributed by atoms with van der Waals surface area (Å²) in [5, 5.41) is 7.39. The zero-order valence-corrected chi connectivity index (χ0v) is 9.86. The minimum absolute atomic E-state index is 0.411. The van der Waals surface area contributed by atoms with Crippen LogP contribution in [0.3, 0.4) is 0 Å². The Balaban J connectivity index is 3.35. The number of nitrogens with zero attached hydrogens (tertiary/aromatic N) is 1. The fraction of sp³-hybridized carbons (Fsp3) is 0.273. The molecule has 92 valence electrons. The molecule has 0 radical (unpaired) electrons. The SMILES string of the molecule is CCOc1cccc(C)c1N(C(=N)N)C(N)=O. The van der Waals surface area contributed by atoms with Gasteiger partial charge >= 0.3 is 6.03 Å². The molecule has 1 aromatic rings. The number of nitrogens with one attached hydrogen (secondary N) is 1. The first kappa shape index (κ1) is 12.8. The van der Waals surface area contributed by atoms with E-state index in [1.54, 1.807) is 25.1 Å². The molecule has 0 spiro atoms. The molecule has 0 heterocycles. The first-order valence-corrected chi connectivity index (χ1v) is 5.15. The maximum Gasteiger partial charge on any atom is 0.326 e. The average Bonchev–Trinajstić information content (AvgIpc) is 2.22. The lowest BCUT2D eigenvalue weighted by Gasteiger charge is -2.22. The minimum Gasteiger partial charge on any atom is -0.492 e. The topological polar surface area (TPSA) is 105 Å². The molecule has 0 aliphatic heterocycles. The van der Waals surface area contributed by atoms with Gasteiger partial charge in [-0.3, -0.25) is 5.41 Å². The second-order valence-corrected chi connectivity index (χ2v) is 3.41. The molecule has 6 heteroatoms. The Bertz CT molecular complexity index is 431. The summed E-state index contributed by atoms with van der Waals surface area (Å²) in [7, 11) is 0. The van der Waals surface area contributed by atoms with Gasteiger partial charge in [-0.15, -0.1) is 0 Å². The molecule has 5 N–H and O–H groups in total. The summed E-state index contributed by atoms with van der Waals surface area (Å²) in [6.45, 7) is 4.06. The van der Waals surface area contributed by atoms with Crippen LogP contribution < -0.4 is 21.1 Å². The maximum atomic E-state index is 11.3. The Kier molecular flexibility index (Phi) is 3.92. The second kappa shape index (κ2) is 5.20. The number of urea groups is 1. The highest BCUT2D eigenvalue weighted by Crippen LogP contribution is 2.31. The Morgan fingerprint density at radius 3 is 2.59 bits per heavy atom. The number of primary amides is 1. The molecule has 1 aromatic carbocycles. The predicted octanol–water partition coefficient (Wildman–Crippen LogP) is 1.17. The highest BCUT2D eigenvalue weighted by molar-refractivity contribution is 6.14. The van der Waals surface area contributed by atoms with Gasteiger partial charge in [-0.05, 0) is 25.5 Å². The molecule has 0 bridgehead atoms. The molecule has 17 heavy (non-hydrogen) atoms. The Hall–Kier alpha value is -2.24. The Morgan fingerprint density at radius 1 is 1.47 bits per heavy atom. The Morgan fingerprint density at radius 2 is 2.12 bits per heavy atom. The lowest BCUT2D eigenvalue weighted by molar-refractivity contribution is 0.256. The number of para-hydroxylation sites is 1. The summed E-state index contributed by atoms with van der Waals surface area (Å²) in [6, 6.07) is 4.47. The zero-order valence-electron chi connectivity index (χ0n) is 9.86. The first-order chi connectivity index (χ1) is 7.99. The number of amides is 2. The predicted molar refractivity (Wildman–Crippen MR) is 66.3 cm³/mol. The van der Waals surface area contributed by atoms with E-state index in [1.807, 2.05) is 6.92 Å². The number of aryl methyl sites for hydroxylation is 1. The van der Waals surface area contributed by atoms with Gasteiger partial charge in [-0.2, -0.15) is 0 Å². The van der Waals surface area contributed by atoms with Crippen LogP contribution in [0.4, 0.5) is 10.5 Å². The van der Waals surface area contributed by atoms with Crippen LogP contribution in [0, 0.1) is 12.3 Å². The van der Waals surface area contributed by atoms with E-state index in [0.29, 0.717) is 18.0 Å². The molecule has 0 fully saturated rings. The van der Waals surface area contributed by atoms with Gasteiger partial charge < -0.3 is 16.2 Å². The fourth-order valence-corrected chi connectivity index (χ4v) is 1.54. The van der Waals surface area contributed by atoms with Crippen molar-refractivity contribution in [2.24, 2.45) is 11.5 Å². The molecule has 1 rings (SSSR count). The molecular formula is C11H16N4O2. The highest BCUT2D eigenvalue weighted by Gasteiger charge is 2.21. The quantitative estimate of drug-likeness (QED) is 0.541. The summed E-state index contributed by atoms with van der Waals surface area (Å²) in [4.78, 5) is 12.2. The molecular weight excluding hydrogens is 220 g/mol. The van der Waals surface area contributed by atoms with Gasteiger partial charge in [0.25, 0.3) is 0 Å². The van der Waals surface area contributed by atoms with Crippen molar-refractivity contribution in [1.29, 1.82) is 5.41 Å². The van der Waals surface area contributed by atoms with E-state index in [0.717, 1.165) is 10.5 Å². The van der Waals surface area contributed by atoms with Crippen molar-refractivity contribution < 1.29 is 9.53 Å². The van der Waals surface area contributed by atoms with E-state index in [9.17, 15) is 4.79 Å². The van der Waals surface area contributed by atoms with E-state index in [2.05, 4.69) is 0 Å². The van der Waals surface area contributed by atoms with E-state index in [1.165, 1.54) is 0 Å². The number of nitrogens with two attached hydrogens (primary N) is 2. The summed E-state index contributed by atoms with van der Waals surface area (Å²) < 4.78 is 5.40. The van der Waals surface area contributed by atoms with Crippen LogP contribution in [0.1, 0.15) is 12.5 Å². The van der Waals surface area contributed by atoms with Gasteiger partial charge in [-0.25, -0.2) is 9.69 Å². The van der Waals surface area contributed by atoms with Gasteiger partial charge in [0.15, 0.2) is 0 Å². The summed E-state index contributed by atoms with van der Waals surface area (Å²) >= 11 is 0. The van der Waals surface area contributed by atoms with Crippen LogP contribution in [0.5, 0.6) is 5.75 Å². The van der Waals surface area contributed by atoms with Gasteiger partial charge in [0.05, 0.1) is 12.3 Å². The summed E-state index contributed by atoms with van der Waals surface area (Å²) in [5.74, 6) is 0.0363. The maximum absolute atomic E-state index is 11.3. The third-order valence-corrected chi connectivity index (χ3v) is 2.19. The van der Waals surface area contributed by atoms with Crippen LogP contribution in [0.2, 0.25) is 0 Å². The van der Waals surface area contributed by atoms with Gasteiger partial charge in [0.2, 0.25) is 5.96 Å².